The minimum atomic E-state index is 0.528. The first-order valence-corrected chi connectivity index (χ1v) is 12.2. The number of hydrazone groups is 1. The second kappa shape index (κ2) is 9.72. The van der Waals surface area contributed by atoms with Crippen molar-refractivity contribution in [2.45, 2.75) is 19.3 Å². The Morgan fingerprint density at radius 1 is 0.941 bits per heavy atom. The number of hydrogen-bond donors (Lipinski definition) is 0. The van der Waals surface area contributed by atoms with Crippen LogP contribution in [0.15, 0.2) is 101 Å². The van der Waals surface area contributed by atoms with E-state index in [1.807, 2.05) is 12.1 Å². The molecule has 0 unspecified atom stereocenters. The molecular formula is C29H33N5. The number of aliphatic imine (C=N–C) groups is 1. The van der Waals surface area contributed by atoms with Crippen LogP contribution < -0.4 is 0 Å². The van der Waals surface area contributed by atoms with Gasteiger partial charge in [0, 0.05) is 51.3 Å². The Morgan fingerprint density at radius 3 is 2.26 bits per heavy atom. The zero-order chi connectivity index (χ0) is 23.5. The summed E-state index contributed by atoms with van der Waals surface area (Å²) in [5.41, 5.74) is 5.87. The molecule has 0 atom stereocenters. The highest BCUT2D eigenvalue weighted by atomic mass is 15.5. The fraction of sp³-hybridized carbons (Fsp3) is 0.310. The summed E-state index contributed by atoms with van der Waals surface area (Å²) in [6.07, 6.45) is 7.40. The van der Waals surface area contributed by atoms with Crippen molar-refractivity contribution in [1.29, 1.82) is 0 Å². The van der Waals surface area contributed by atoms with Crippen LogP contribution in [0.4, 0.5) is 0 Å². The van der Waals surface area contributed by atoms with Crippen LogP contribution in [0.3, 0.4) is 0 Å². The van der Waals surface area contributed by atoms with Crippen LogP contribution in [0.2, 0.25) is 0 Å². The quantitative estimate of drug-likeness (QED) is 0.465. The molecule has 2 fully saturated rings. The smallest absolute Gasteiger partial charge is 0.149 e. The molecule has 174 valence electrons. The van der Waals surface area contributed by atoms with Crippen LogP contribution in [-0.2, 0) is 6.42 Å². The molecule has 1 saturated carbocycles. The highest BCUT2D eigenvalue weighted by Crippen LogP contribution is 2.34. The second-order valence-electron chi connectivity index (χ2n) is 9.23. The van der Waals surface area contributed by atoms with E-state index in [0.29, 0.717) is 5.92 Å². The first-order valence-electron chi connectivity index (χ1n) is 12.2. The summed E-state index contributed by atoms with van der Waals surface area (Å²) in [4.78, 5) is 9.27. The Kier molecular flexibility index (Phi) is 6.35. The standard InChI is InChI=1S/C29H33N5/c1-22-9-16-28(31-34(22)29(30-3)27-14-15-27)33-19-17-32(18-20-33)23(2)21-24-10-12-26(13-11-24)25-7-5-4-6-8-25/h4-13,16,27H,1-2,14-15,17-21H2,3H3. The Hall–Kier alpha value is -3.60. The molecule has 0 aromatic heterocycles. The minimum Gasteiger partial charge on any atom is -0.371 e. The van der Waals surface area contributed by atoms with Crippen LogP contribution in [0.25, 0.3) is 11.1 Å². The maximum atomic E-state index is 4.91. The maximum Gasteiger partial charge on any atom is 0.149 e. The molecule has 0 bridgehead atoms. The zero-order valence-electron chi connectivity index (χ0n) is 20.0. The Morgan fingerprint density at radius 2 is 1.62 bits per heavy atom. The fourth-order valence-electron chi connectivity index (χ4n) is 4.64. The molecule has 3 aliphatic rings. The lowest BCUT2D eigenvalue weighted by Crippen LogP contribution is -2.49. The number of piperazine rings is 1. The number of allylic oxidation sites excluding steroid dienone is 2. The van der Waals surface area contributed by atoms with Gasteiger partial charge in [-0.05, 0) is 41.7 Å². The van der Waals surface area contributed by atoms with E-state index in [1.54, 1.807) is 0 Å². The van der Waals surface area contributed by atoms with Gasteiger partial charge in [-0.25, -0.2) is 5.01 Å². The lowest BCUT2D eigenvalue weighted by molar-refractivity contribution is 0.218. The molecule has 2 heterocycles. The van der Waals surface area contributed by atoms with E-state index in [1.165, 1.54) is 35.2 Å². The van der Waals surface area contributed by atoms with Crippen molar-refractivity contribution < 1.29 is 0 Å². The predicted octanol–water partition coefficient (Wildman–Crippen LogP) is 5.16. The molecule has 1 aliphatic carbocycles. The molecule has 2 aromatic carbocycles. The minimum absolute atomic E-state index is 0.528. The molecular weight excluding hydrogens is 418 g/mol. The maximum absolute atomic E-state index is 4.91. The summed E-state index contributed by atoms with van der Waals surface area (Å²) in [5.74, 6) is 2.56. The van der Waals surface area contributed by atoms with Crippen molar-refractivity contribution in [3.63, 3.8) is 0 Å². The Labute approximate surface area is 203 Å². The van der Waals surface area contributed by atoms with Gasteiger partial charge in [-0.15, -0.1) is 5.10 Å². The molecule has 0 spiro atoms. The van der Waals surface area contributed by atoms with E-state index in [0.717, 1.165) is 50.0 Å². The van der Waals surface area contributed by atoms with Gasteiger partial charge in [0.15, 0.2) is 0 Å². The molecule has 2 aliphatic heterocycles. The normalized spacial score (nSPS) is 18.9. The number of amidine groups is 2. The number of benzene rings is 2. The average Bonchev–Trinajstić information content (AvgIpc) is 3.72. The van der Waals surface area contributed by atoms with Crippen LogP contribution >= 0.6 is 0 Å². The van der Waals surface area contributed by atoms with Gasteiger partial charge in [0.05, 0.1) is 5.70 Å². The van der Waals surface area contributed by atoms with Gasteiger partial charge in [-0.1, -0.05) is 67.8 Å². The van der Waals surface area contributed by atoms with Gasteiger partial charge < -0.3 is 9.80 Å². The fourth-order valence-corrected chi connectivity index (χ4v) is 4.64. The summed E-state index contributed by atoms with van der Waals surface area (Å²) in [5, 5.41) is 6.85. The molecule has 34 heavy (non-hydrogen) atoms. The van der Waals surface area contributed by atoms with Gasteiger partial charge in [-0.3, -0.25) is 4.99 Å². The molecule has 1 saturated heterocycles. The summed E-state index contributed by atoms with van der Waals surface area (Å²) < 4.78 is 0. The van der Waals surface area contributed by atoms with Gasteiger partial charge >= 0.3 is 0 Å². The third-order valence-corrected chi connectivity index (χ3v) is 6.81. The van der Waals surface area contributed by atoms with E-state index in [9.17, 15) is 0 Å². The van der Waals surface area contributed by atoms with Crippen LogP contribution in [-0.4, -0.2) is 59.7 Å². The van der Waals surface area contributed by atoms with Crippen molar-refractivity contribution >= 4 is 11.7 Å². The van der Waals surface area contributed by atoms with Crippen LogP contribution in [0.1, 0.15) is 18.4 Å². The molecule has 0 radical (unpaired) electrons. The van der Waals surface area contributed by atoms with E-state index < -0.39 is 0 Å². The number of rotatable bonds is 5. The molecule has 5 rings (SSSR count). The first kappa shape index (κ1) is 22.2. The SMILES string of the molecule is C=C(Cc1ccc(-c2ccccc2)cc1)N1CCN(C2=NN(C(=NC)C3CC3)C(=C)C=C2)CC1. The topological polar surface area (TPSA) is 34.4 Å². The summed E-state index contributed by atoms with van der Waals surface area (Å²) >= 11 is 0. The van der Waals surface area contributed by atoms with Crippen molar-refractivity contribution in [2.24, 2.45) is 16.0 Å². The molecule has 5 heteroatoms. The summed E-state index contributed by atoms with van der Waals surface area (Å²) in [6.45, 7) is 12.3. The monoisotopic (exact) mass is 451 g/mol. The van der Waals surface area contributed by atoms with Crippen molar-refractivity contribution in [2.75, 3.05) is 33.2 Å². The third-order valence-electron chi connectivity index (χ3n) is 6.81. The lowest BCUT2D eigenvalue weighted by Gasteiger charge is -2.39. The highest BCUT2D eigenvalue weighted by molar-refractivity contribution is 5.97. The van der Waals surface area contributed by atoms with Crippen LogP contribution in [0, 0.1) is 5.92 Å². The number of hydrogen-bond acceptors (Lipinski definition) is 4. The van der Waals surface area contributed by atoms with E-state index in [-0.39, 0.29) is 0 Å². The van der Waals surface area contributed by atoms with E-state index in [4.69, 9.17) is 5.10 Å². The van der Waals surface area contributed by atoms with Crippen LogP contribution in [0.5, 0.6) is 0 Å². The molecule has 2 aromatic rings. The molecule has 0 amide bonds. The van der Waals surface area contributed by atoms with Gasteiger partial charge in [0.2, 0.25) is 0 Å². The Balaban J connectivity index is 1.17. The summed E-state index contributed by atoms with van der Waals surface area (Å²) in [7, 11) is 1.86. The predicted molar refractivity (Wildman–Crippen MR) is 142 cm³/mol. The highest BCUT2D eigenvalue weighted by Gasteiger charge is 2.33. The van der Waals surface area contributed by atoms with Crippen molar-refractivity contribution in [1.82, 2.24) is 14.8 Å². The third kappa shape index (κ3) is 4.84. The molecule has 0 N–H and O–H groups in total. The van der Waals surface area contributed by atoms with Crippen molar-refractivity contribution in [3.05, 3.63) is 96.9 Å². The van der Waals surface area contributed by atoms with Gasteiger partial charge in [-0.2, -0.15) is 0 Å². The van der Waals surface area contributed by atoms with Gasteiger partial charge in [0.1, 0.15) is 11.7 Å². The second-order valence-corrected chi connectivity index (χ2v) is 9.23. The van der Waals surface area contributed by atoms with E-state index in [2.05, 4.69) is 94.7 Å². The zero-order valence-corrected chi connectivity index (χ0v) is 20.0. The average molecular weight is 452 g/mol. The van der Waals surface area contributed by atoms with Crippen molar-refractivity contribution in [3.8, 4) is 11.1 Å². The lowest BCUT2D eigenvalue weighted by atomic mass is 10.0. The van der Waals surface area contributed by atoms with E-state index >= 15 is 0 Å². The Bertz CT molecular complexity index is 1130. The largest absolute Gasteiger partial charge is 0.371 e. The number of nitrogens with zero attached hydrogens (tertiary/aromatic N) is 5. The van der Waals surface area contributed by atoms with Gasteiger partial charge in [0.25, 0.3) is 0 Å². The first-order chi connectivity index (χ1) is 16.6. The summed E-state index contributed by atoms with van der Waals surface area (Å²) in [6, 6.07) is 19.4. The molecule has 5 nitrogen and oxygen atoms in total.